The maximum Gasteiger partial charge on any atom is 0.266 e. The zero-order valence-electron chi connectivity index (χ0n) is 27.1. The number of fused-ring (bicyclic) bond motifs is 1. The molecule has 0 radical (unpaired) electrons. The van der Waals surface area contributed by atoms with Gasteiger partial charge in [-0.05, 0) is 82.0 Å². The van der Waals surface area contributed by atoms with E-state index in [-0.39, 0.29) is 11.5 Å². The number of hydrogen-bond acceptors (Lipinski definition) is 4. The zero-order chi connectivity index (χ0) is 32.2. The van der Waals surface area contributed by atoms with Gasteiger partial charge in [-0.25, -0.2) is 9.37 Å². The molecule has 0 aliphatic heterocycles. The highest BCUT2D eigenvalue weighted by atomic mass is 19.1. The molecule has 6 nitrogen and oxygen atoms in total. The van der Waals surface area contributed by atoms with Gasteiger partial charge in [-0.1, -0.05) is 75.5 Å². The summed E-state index contributed by atoms with van der Waals surface area (Å²) in [7, 11) is 3.95. The minimum absolute atomic E-state index is 0.0458. The molecule has 0 spiro atoms. The molecule has 1 heterocycles. The second kappa shape index (κ2) is 16.7. The van der Waals surface area contributed by atoms with Crippen LogP contribution in [-0.4, -0.2) is 52.4 Å². The molecule has 1 aromatic heterocycles. The molecule has 4 rings (SSSR count). The summed E-state index contributed by atoms with van der Waals surface area (Å²) in [6.07, 6.45) is 8.35. The standard InChI is InChI=1S/C38H45FN4O2/c1-5-6-7-8-9-10-14-17-36(44)42(27-26-41(3)4)29(2)37-40-35-25-20-31(19-18-30-15-12-11-13-16-30)28-34(35)38(45)43(37)33-23-21-32(39)22-24-33/h11-13,15-16,20-25,28-29H,5-10,14,17,26-27H2,1-4H3. The Bertz CT molecular complexity index is 1670. The van der Waals surface area contributed by atoms with Gasteiger partial charge in [0.2, 0.25) is 5.91 Å². The van der Waals surface area contributed by atoms with E-state index in [0.29, 0.717) is 47.5 Å². The van der Waals surface area contributed by atoms with Gasteiger partial charge in [-0.3, -0.25) is 14.2 Å². The molecule has 0 saturated carbocycles. The van der Waals surface area contributed by atoms with Gasteiger partial charge < -0.3 is 9.80 Å². The lowest BCUT2D eigenvalue weighted by Crippen LogP contribution is -2.40. The molecule has 236 valence electrons. The van der Waals surface area contributed by atoms with Crippen molar-refractivity contribution in [2.24, 2.45) is 0 Å². The highest BCUT2D eigenvalue weighted by Crippen LogP contribution is 2.25. The highest BCUT2D eigenvalue weighted by molar-refractivity contribution is 5.80. The van der Waals surface area contributed by atoms with Crippen LogP contribution in [0, 0.1) is 17.7 Å². The van der Waals surface area contributed by atoms with Crippen molar-refractivity contribution < 1.29 is 9.18 Å². The van der Waals surface area contributed by atoms with Gasteiger partial charge >= 0.3 is 0 Å². The molecule has 0 aliphatic carbocycles. The number of aromatic nitrogens is 2. The topological polar surface area (TPSA) is 58.4 Å². The molecule has 1 atom stereocenters. The van der Waals surface area contributed by atoms with Crippen molar-refractivity contribution >= 4 is 16.8 Å². The molecule has 7 heteroatoms. The maximum absolute atomic E-state index is 14.2. The lowest BCUT2D eigenvalue weighted by molar-refractivity contribution is -0.133. The first-order chi connectivity index (χ1) is 21.8. The van der Waals surface area contributed by atoms with Crippen LogP contribution in [0.2, 0.25) is 0 Å². The smallest absolute Gasteiger partial charge is 0.266 e. The van der Waals surface area contributed by atoms with Crippen LogP contribution in [0.25, 0.3) is 16.6 Å². The molecule has 0 fully saturated rings. The fourth-order valence-corrected chi connectivity index (χ4v) is 5.42. The SMILES string of the molecule is CCCCCCCCCC(=O)N(CCN(C)C)C(C)c1nc2ccc(C#Cc3ccccc3)cc2c(=O)n1-c1ccc(F)cc1. The lowest BCUT2D eigenvalue weighted by atomic mass is 10.1. The zero-order valence-corrected chi connectivity index (χ0v) is 27.1. The molecule has 3 aromatic carbocycles. The summed E-state index contributed by atoms with van der Waals surface area (Å²) in [5.74, 6) is 6.38. The van der Waals surface area contributed by atoms with Crippen molar-refractivity contribution in [3.05, 3.63) is 106 Å². The summed E-state index contributed by atoms with van der Waals surface area (Å²) in [4.78, 5) is 36.8. The summed E-state index contributed by atoms with van der Waals surface area (Å²) in [5, 5.41) is 0.407. The van der Waals surface area contributed by atoms with Crippen LogP contribution in [0.5, 0.6) is 0 Å². The summed E-state index contributed by atoms with van der Waals surface area (Å²) in [6, 6.07) is 20.4. The van der Waals surface area contributed by atoms with Gasteiger partial charge in [-0.2, -0.15) is 0 Å². The van der Waals surface area contributed by atoms with E-state index in [1.807, 2.05) is 73.3 Å². The number of likely N-dealkylation sites (N-methyl/N-ethyl adjacent to an activating group) is 1. The van der Waals surface area contributed by atoms with Gasteiger partial charge in [0, 0.05) is 30.6 Å². The van der Waals surface area contributed by atoms with Crippen LogP contribution >= 0.6 is 0 Å². The first kappa shape index (κ1) is 33.6. The van der Waals surface area contributed by atoms with Crippen LogP contribution in [-0.2, 0) is 4.79 Å². The average Bonchev–Trinajstić information content (AvgIpc) is 3.04. The number of rotatable bonds is 14. The van der Waals surface area contributed by atoms with E-state index in [2.05, 4.69) is 18.8 Å². The summed E-state index contributed by atoms with van der Waals surface area (Å²) >= 11 is 0. The number of benzene rings is 3. The average molecular weight is 609 g/mol. The van der Waals surface area contributed by atoms with E-state index in [0.717, 1.165) is 24.8 Å². The second-order valence-electron chi connectivity index (χ2n) is 11.9. The van der Waals surface area contributed by atoms with Crippen molar-refractivity contribution in [2.75, 3.05) is 27.2 Å². The minimum Gasteiger partial charge on any atom is -0.331 e. The molecule has 45 heavy (non-hydrogen) atoms. The monoisotopic (exact) mass is 608 g/mol. The van der Waals surface area contributed by atoms with E-state index in [1.54, 1.807) is 18.2 Å². The summed E-state index contributed by atoms with van der Waals surface area (Å²) in [5.41, 5.74) is 2.30. The van der Waals surface area contributed by atoms with Crippen molar-refractivity contribution in [3.63, 3.8) is 0 Å². The Kier molecular flexibility index (Phi) is 12.5. The molecule has 0 saturated heterocycles. The molecule has 1 unspecified atom stereocenters. The number of hydrogen-bond donors (Lipinski definition) is 0. The predicted octanol–water partition coefficient (Wildman–Crippen LogP) is 7.52. The van der Waals surface area contributed by atoms with Crippen LogP contribution in [0.15, 0.2) is 77.6 Å². The van der Waals surface area contributed by atoms with Crippen molar-refractivity contribution in [1.29, 1.82) is 0 Å². The molecule has 4 aromatic rings. The Hall–Kier alpha value is -4.28. The van der Waals surface area contributed by atoms with E-state index >= 15 is 0 Å². The fourth-order valence-electron chi connectivity index (χ4n) is 5.42. The maximum atomic E-state index is 14.2. The number of amides is 1. The largest absolute Gasteiger partial charge is 0.331 e. The first-order valence-electron chi connectivity index (χ1n) is 16.1. The van der Waals surface area contributed by atoms with Crippen LogP contribution in [0.3, 0.4) is 0 Å². The molecule has 0 bridgehead atoms. The molecular weight excluding hydrogens is 563 g/mol. The van der Waals surface area contributed by atoms with Crippen LogP contribution in [0.1, 0.15) is 88.2 Å². The van der Waals surface area contributed by atoms with Crippen molar-refractivity contribution in [1.82, 2.24) is 19.4 Å². The third kappa shape index (κ3) is 9.36. The van der Waals surface area contributed by atoms with Crippen molar-refractivity contribution in [2.45, 2.75) is 71.3 Å². The lowest BCUT2D eigenvalue weighted by Gasteiger charge is -2.31. The first-order valence-corrected chi connectivity index (χ1v) is 16.1. The van der Waals surface area contributed by atoms with E-state index < -0.39 is 11.9 Å². The second-order valence-corrected chi connectivity index (χ2v) is 11.9. The van der Waals surface area contributed by atoms with Crippen LogP contribution in [0.4, 0.5) is 4.39 Å². The quantitative estimate of drug-likeness (QED) is 0.110. The predicted molar refractivity (Wildman–Crippen MR) is 181 cm³/mol. The highest BCUT2D eigenvalue weighted by Gasteiger charge is 2.27. The molecule has 0 N–H and O–H groups in total. The Morgan fingerprint density at radius 3 is 2.22 bits per heavy atom. The third-order valence-corrected chi connectivity index (χ3v) is 8.05. The van der Waals surface area contributed by atoms with Crippen LogP contribution < -0.4 is 5.56 Å². The Balaban J connectivity index is 1.71. The fraction of sp³-hybridized carbons (Fsp3) is 0.395. The van der Waals surface area contributed by atoms with Gasteiger partial charge in [0.1, 0.15) is 11.6 Å². The Morgan fingerprint density at radius 2 is 1.53 bits per heavy atom. The molecule has 0 aliphatic rings. The van der Waals surface area contributed by atoms with E-state index in [4.69, 9.17) is 4.98 Å². The van der Waals surface area contributed by atoms with Gasteiger partial charge in [-0.15, -0.1) is 0 Å². The van der Waals surface area contributed by atoms with Gasteiger partial charge in [0.25, 0.3) is 5.56 Å². The Morgan fingerprint density at radius 1 is 0.867 bits per heavy atom. The normalized spacial score (nSPS) is 11.8. The van der Waals surface area contributed by atoms with Crippen molar-refractivity contribution in [3.8, 4) is 17.5 Å². The molecule has 1 amide bonds. The Labute approximate surface area is 266 Å². The number of halogens is 1. The third-order valence-electron chi connectivity index (χ3n) is 8.05. The van der Waals surface area contributed by atoms with E-state index in [9.17, 15) is 14.0 Å². The van der Waals surface area contributed by atoms with Gasteiger partial charge in [0.15, 0.2) is 0 Å². The van der Waals surface area contributed by atoms with Gasteiger partial charge in [0.05, 0.1) is 22.6 Å². The number of unbranched alkanes of at least 4 members (excludes halogenated alkanes) is 6. The molecular formula is C38H45FN4O2. The van der Waals surface area contributed by atoms with E-state index in [1.165, 1.54) is 42.4 Å². The number of carbonyl (C=O) groups excluding carboxylic acids is 1. The minimum atomic E-state index is -0.498. The number of carbonyl (C=O) groups is 1. The number of nitrogens with zero attached hydrogens (tertiary/aromatic N) is 4. The summed E-state index contributed by atoms with van der Waals surface area (Å²) in [6.45, 7) is 5.30. The summed E-state index contributed by atoms with van der Waals surface area (Å²) < 4.78 is 15.5.